The number of para-hydroxylation sites is 2. The van der Waals surface area contributed by atoms with Gasteiger partial charge in [0.25, 0.3) is 0 Å². The third kappa shape index (κ3) is 2.80. The molecule has 0 atom stereocenters. The second-order valence-electron chi connectivity index (χ2n) is 3.81. The minimum Gasteiger partial charge on any atom is -0.337 e. The quantitative estimate of drug-likeness (QED) is 0.733. The lowest BCUT2D eigenvalue weighted by Gasteiger charge is -2.11. The molecule has 0 saturated heterocycles. The fourth-order valence-electron chi connectivity index (χ4n) is 1.59. The Bertz CT molecular complexity index is 613. The maximum atomic E-state index is 3.88. The third-order valence-corrected chi connectivity index (χ3v) is 2.46. The first kappa shape index (κ1) is 11.9. The molecule has 2 N–H and O–H groups in total. The van der Waals surface area contributed by atoms with Crippen LogP contribution in [0.1, 0.15) is 0 Å². The molecule has 0 aliphatic carbocycles. The highest BCUT2D eigenvalue weighted by Gasteiger charge is 2.04. The van der Waals surface area contributed by atoms with Gasteiger partial charge in [-0.2, -0.15) is 0 Å². The molecule has 0 aliphatic rings. The van der Waals surface area contributed by atoms with Crippen molar-refractivity contribution in [1.29, 1.82) is 0 Å². The molecule has 8 nitrogen and oxygen atoms in total. The van der Waals surface area contributed by atoms with Crippen LogP contribution >= 0.6 is 0 Å². The number of benzene rings is 1. The second kappa shape index (κ2) is 5.65. The summed E-state index contributed by atoms with van der Waals surface area (Å²) in [5, 5.41) is 28.5. The van der Waals surface area contributed by atoms with Gasteiger partial charge in [-0.15, -0.1) is 20.4 Å². The van der Waals surface area contributed by atoms with Gasteiger partial charge in [0.1, 0.15) is 0 Å². The monoisotopic (exact) mass is 266 g/mol. The fraction of sp³-hybridized carbons (Fsp3) is 0. The number of aromatic nitrogens is 6. The van der Waals surface area contributed by atoms with Crippen LogP contribution in [-0.2, 0) is 0 Å². The van der Waals surface area contributed by atoms with E-state index in [4.69, 9.17) is 0 Å². The van der Waals surface area contributed by atoms with Crippen LogP contribution in [0.2, 0.25) is 0 Å². The van der Waals surface area contributed by atoms with E-state index in [9.17, 15) is 0 Å². The van der Waals surface area contributed by atoms with Crippen molar-refractivity contribution >= 4 is 23.0 Å². The van der Waals surface area contributed by atoms with Gasteiger partial charge in [-0.3, -0.25) is 0 Å². The minimum absolute atomic E-state index is 0.607. The van der Waals surface area contributed by atoms with E-state index in [0.717, 1.165) is 11.4 Å². The van der Waals surface area contributed by atoms with E-state index in [1.165, 1.54) is 0 Å². The molecule has 98 valence electrons. The fourth-order valence-corrected chi connectivity index (χ4v) is 1.59. The maximum absolute atomic E-state index is 3.88. The average molecular weight is 266 g/mol. The lowest BCUT2D eigenvalue weighted by Crippen LogP contribution is -2.01. The largest absolute Gasteiger partial charge is 0.337 e. The molecule has 3 rings (SSSR count). The average Bonchev–Trinajstić information content (AvgIpc) is 2.51. The number of nitrogens with zero attached hydrogens (tertiary/aromatic N) is 6. The van der Waals surface area contributed by atoms with Crippen LogP contribution in [0.25, 0.3) is 0 Å². The van der Waals surface area contributed by atoms with Gasteiger partial charge < -0.3 is 10.6 Å². The molecule has 3 aromatic rings. The molecule has 2 aromatic heterocycles. The van der Waals surface area contributed by atoms with Crippen molar-refractivity contribution in [1.82, 2.24) is 30.8 Å². The molecule has 1 aromatic carbocycles. The number of nitrogens with one attached hydrogen (secondary N) is 2. The second-order valence-corrected chi connectivity index (χ2v) is 3.81. The van der Waals surface area contributed by atoms with Gasteiger partial charge in [-0.1, -0.05) is 12.1 Å². The third-order valence-electron chi connectivity index (χ3n) is 2.46. The Morgan fingerprint density at radius 3 is 1.55 bits per heavy atom. The van der Waals surface area contributed by atoms with E-state index in [2.05, 4.69) is 41.5 Å². The van der Waals surface area contributed by atoms with E-state index < -0.39 is 0 Å². The molecule has 0 amide bonds. The molecule has 0 fully saturated rings. The molecule has 0 spiro atoms. The Labute approximate surface area is 114 Å². The van der Waals surface area contributed by atoms with E-state index >= 15 is 0 Å². The molecule has 8 heteroatoms. The van der Waals surface area contributed by atoms with Crippen molar-refractivity contribution in [3.8, 4) is 0 Å². The van der Waals surface area contributed by atoms with Crippen molar-refractivity contribution in [2.75, 3.05) is 10.6 Å². The van der Waals surface area contributed by atoms with Crippen LogP contribution in [0.15, 0.2) is 48.8 Å². The molecule has 2 heterocycles. The molecular formula is C12H10N8. The smallest absolute Gasteiger partial charge is 0.156 e. The van der Waals surface area contributed by atoms with E-state index in [-0.39, 0.29) is 0 Å². The number of anilines is 4. The van der Waals surface area contributed by atoms with Crippen LogP contribution in [0, 0.1) is 0 Å². The van der Waals surface area contributed by atoms with E-state index in [1.54, 1.807) is 24.5 Å². The Morgan fingerprint density at radius 1 is 0.650 bits per heavy atom. The van der Waals surface area contributed by atoms with Gasteiger partial charge in [0.2, 0.25) is 0 Å². The number of rotatable bonds is 4. The molecule has 20 heavy (non-hydrogen) atoms. The number of hydrogen-bond donors (Lipinski definition) is 2. The zero-order valence-electron chi connectivity index (χ0n) is 10.3. The standard InChI is InChI=1S/C12H10N8/c1-2-4-10(16-12-6-8-14-20-18-12)9(3-1)15-11-5-7-13-19-17-11/h1-8H,(H,13,15,17)(H,14,16,18). The predicted molar refractivity (Wildman–Crippen MR) is 72.7 cm³/mol. The van der Waals surface area contributed by atoms with Gasteiger partial charge >= 0.3 is 0 Å². The SMILES string of the molecule is c1ccc(Nc2ccnnn2)c(Nc2ccnnn2)c1. The summed E-state index contributed by atoms with van der Waals surface area (Å²) < 4.78 is 0. The van der Waals surface area contributed by atoms with Crippen molar-refractivity contribution in [3.05, 3.63) is 48.8 Å². The van der Waals surface area contributed by atoms with Crippen molar-refractivity contribution in [2.24, 2.45) is 0 Å². The summed E-state index contributed by atoms with van der Waals surface area (Å²) in [7, 11) is 0. The highest BCUT2D eigenvalue weighted by atomic mass is 15.3. The Hall–Kier alpha value is -3.16. The molecule has 0 radical (unpaired) electrons. The topological polar surface area (TPSA) is 101 Å². The van der Waals surface area contributed by atoms with Crippen LogP contribution in [0.4, 0.5) is 23.0 Å². The first-order valence-corrected chi connectivity index (χ1v) is 5.83. The van der Waals surface area contributed by atoms with Crippen LogP contribution in [0.5, 0.6) is 0 Å². The first-order valence-electron chi connectivity index (χ1n) is 5.83. The summed E-state index contributed by atoms with van der Waals surface area (Å²) in [5.74, 6) is 1.21. The lowest BCUT2D eigenvalue weighted by atomic mass is 10.2. The lowest BCUT2D eigenvalue weighted by molar-refractivity contribution is 0.869. The summed E-state index contributed by atoms with van der Waals surface area (Å²) in [6, 6.07) is 11.1. The maximum Gasteiger partial charge on any atom is 0.156 e. The van der Waals surface area contributed by atoms with Gasteiger partial charge in [-0.25, -0.2) is 0 Å². The summed E-state index contributed by atoms with van der Waals surface area (Å²) in [5.41, 5.74) is 1.68. The number of hydrogen-bond acceptors (Lipinski definition) is 8. The van der Waals surface area contributed by atoms with E-state index in [0.29, 0.717) is 11.6 Å². The minimum atomic E-state index is 0.607. The van der Waals surface area contributed by atoms with Crippen LogP contribution < -0.4 is 10.6 Å². The first-order chi connectivity index (χ1) is 9.92. The molecule has 0 aliphatic heterocycles. The molecular weight excluding hydrogens is 256 g/mol. The van der Waals surface area contributed by atoms with Gasteiger partial charge in [0.05, 0.1) is 23.8 Å². The Kier molecular flexibility index (Phi) is 3.36. The van der Waals surface area contributed by atoms with Crippen molar-refractivity contribution in [2.45, 2.75) is 0 Å². The highest BCUT2D eigenvalue weighted by Crippen LogP contribution is 2.26. The summed E-state index contributed by atoms with van der Waals surface area (Å²) in [6.45, 7) is 0. The normalized spacial score (nSPS) is 10.0. The molecule has 0 bridgehead atoms. The van der Waals surface area contributed by atoms with Crippen molar-refractivity contribution in [3.63, 3.8) is 0 Å². The zero-order chi connectivity index (χ0) is 13.6. The van der Waals surface area contributed by atoms with Crippen LogP contribution in [-0.4, -0.2) is 30.8 Å². The zero-order valence-corrected chi connectivity index (χ0v) is 10.3. The van der Waals surface area contributed by atoms with Gasteiger partial charge in [0, 0.05) is 12.1 Å². The van der Waals surface area contributed by atoms with Gasteiger partial charge in [-0.05, 0) is 22.6 Å². The van der Waals surface area contributed by atoms with Crippen LogP contribution in [0.3, 0.4) is 0 Å². The Morgan fingerprint density at radius 2 is 1.15 bits per heavy atom. The molecule has 0 saturated carbocycles. The van der Waals surface area contributed by atoms with E-state index in [1.807, 2.05) is 24.3 Å². The summed E-state index contributed by atoms with van der Waals surface area (Å²) in [6.07, 6.45) is 3.14. The summed E-state index contributed by atoms with van der Waals surface area (Å²) >= 11 is 0. The Balaban J connectivity index is 1.85. The van der Waals surface area contributed by atoms with Gasteiger partial charge in [0.15, 0.2) is 11.6 Å². The highest BCUT2D eigenvalue weighted by molar-refractivity contribution is 5.76. The molecule has 0 unspecified atom stereocenters. The predicted octanol–water partition coefficient (Wildman–Crippen LogP) is 1.54. The summed E-state index contributed by atoms with van der Waals surface area (Å²) in [4.78, 5) is 0. The van der Waals surface area contributed by atoms with Crippen molar-refractivity contribution < 1.29 is 0 Å².